The Balaban J connectivity index is 1.73. The third-order valence-corrected chi connectivity index (χ3v) is 4.78. The maximum absolute atomic E-state index is 12.4. The van der Waals surface area contributed by atoms with Crippen molar-refractivity contribution in [2.24, 2.45) is 0 Å². The number of hydrogen-bond donors (Lipinski definition) is 1. The molecule has 0 bridgehead atoms. The van der Waals surface area contributed by atoms with E-state index in [1.807, 2.05) is 0 Å². The lowest BCUT2D eigenvalue weighted by Gasteiger charge is -2.18. The molecule has 0 fully saturated rings. The lowest BCUT2D eigenvalue weighted by molar-refractivity contribution is -0.385. The van der Waals surface area contributed by atoms with Crippen LogP contribution in [-0.2, 0) is 0 Å². The number of carbonyl (C=O) groups is 1. The fraction of sp³-hybridized carbons (Fsp3) is 0.188. The topological polar surface area (TPSA) is 90.7 Å². The molecule has 0 amide bonds. The van der Waals surface area contributed by atoms with Crippen LogP contribution in [0.15, 0.2) is 39.3 Å². The number of nitrogens with zero attached hydrogens (tertiary/aromatic N) is 1. The molecular weight excluding hydrogens is 460 g/mol. The number of Topliss-reactive ketones (excluding diaryl/α,β-unsaturated/α-hetero) is 1. The number of ketones is 1. The number of benzene rings is 2. The Kier molecular flexibility index (Phi) is 5.24. The Hall–Kier alpha value is -2.13. The number of nitro benzene ring substituents is 1. The van der Waals surface area contributed by atoms with E-state index in [9.17, 15) is 14.9 Å². The minimum atomic E-state index is -0.486. The fourth-order valence-corrected chi connectivity index (χ4v) is 3.76. The molecule has 3 rings (SSSR count). The van der Waals surface area contributed by atoms with E-state index in [1.54, 1.807) is 18.2 Å². The first kappa shape index (κ1) is 17.7. The van der Waals surface area contributed by atoms with Crippen molar-refractivity contribution in [3.8, 4) is 11.5 Å². The largest absolute Gasteiger partial charge is 0.486 e. The number of non-ortho nitro benzene ring substituents is 1. The third-order valence-electron chi connectivity index (χ3n) is 3.53. The molecule has 0 saturated carbocycles. The number of ether oxygens (including phenoxy) is 2. The Morgan fingerprint density at radius 2 is 1.76 bits per heavy atom. The van der Waals surface area contributed by atoms with E-state index in [0.717, 1.165) is 0 Å². The summed E-state index contributed by atoms with van der Waals surface area (Å²) in [7, 11) is 0. The van der Waals surface area contributed by atoms with E-state index in [2.05, 4.69) is 37.2 Å². The van der Waals surface area contributed by atoms with Gasteiger partial charge in [-0.05, 0) is 50.1 Å². The summed E-state index contributed by atoms with van der Waals surface area (Å²) < 4.78 is 11.9. The van der Waals surface area contributed by atoms with Crippen molar-refractivity contribution in [1.29, 1.82) is 0 Å². The maximum atomic E-state index is 12.4. The third kappa shape index (κ3) is 3.93. The number of anilines is 1. The van der Waals surface area contributed by atoms with Crippen molar-refractivity contribution in [2.75, 3.05) is 25.1 Å². The van der Waals surface area contributed by atoms with Gasteiger partial charge in [0.15, 0.2) is 17.3 Å². The number of hydrogen-bond acceptors (Lipinski definition) is 6. The van der Waals surface area contributed by atoms with Crippen LogP contribution in [0, 0.1) is 10.1 Å². The van der Waals surface area contributed by atoms with Crippen LogP contribution in [0.3, 0.4) is 0 Å². The van der Waals surface area contributed by atoms with E-state index in [-0.39, 0.29) is 18.0 Å². The zero-order valence-corrected chi connectivity index (χ0v) is 15.9. The highest BCUT2D eigenvalue weighted by Gasteiger charge is 2.17. The van der Waals surface area contributed by atoms with Crippen molar-refractivity contribution in [1.82, 2.24) is 0 Å². The smallest absolute Gasteiger partial charge is 0.271 e. The SMILES string of the molecule is O=C(CNc1c(Br)cc([N+](=O)[O-])cc1Br)c1ccc2c(c1)OCCO2. The summed E-state index contributed by atoms with van der Waals surface area (Å²) in [6, 6.07) is 7.79. The van der Waals surface area contributed by atoms with E-state index < -0.39 is 4.92 Å². The molecule has 1 aliphatic rings. The minimum absolute atomic E-state index is 0.0225. The van der Waals surface area contributed by atoms with Crippen LogP contribution in [0.4, 0.5) is 11.4 Å². The molecule has 9 heteroatoms. The van der Waals surface area contributed by atoms with Gasteiger partial charge in [-0.2, -0.15) is 0 Å². The first-order chi connectivity index (χ1) is 12.0. The molecule has 1 N–H and O–H groups in total. The summed E-state index contributed by atoms with van der Waals surface area (Å²) in [4.78, 5) is 22.8. The summed E-state index contributed by atoms with van der Waals surface area (Å²) in [5, 5.41) is 13.8. The quantitative estimate of drug-likeness (QED) is 0.399. The Bertz CT molecular complexity index is 833. The van der Waals surface area contributed by atoms with Crippen molar-refractivity contribution >= 4 is 49.0 Å². The van der Waals surface area contributed by atoms with Gasteiger partial charge in [0.2, 0.25) is 0 Å². The molecule has 1 heterocycles. The van der Waals surface area contributed by atoms with Gasteiger partial charge in [0.05, 0.1) is 17.2 Å². The lowest BCUT2D eigenvalue weighted by atomic mass is 10.1. The van der Waals surface area contributed by atoms with Gasteiger partial charge in [0.1, 0.15) is 13.2 Å². The molecule has 0 aromatic heterocycles. The zero-order valence-electron chi connectivity index (χ0n) is 12.8. The lowest BCUT2D eigenvalue weighted by Crippen LogP contribution is -2.18. The second-order valence-corrected chi connectivity index (χ2v) is 6.89. The molecule has 2 aromatic carbocycles. The highest BCUT2D eigenvalue weighted by molar-refractivity contribution is 9.11. The van der Waals surface area contributed by atoms with Gasteiger partial charge in [-0.25, -0.2) is 0 Å². The molecule has 0 aliphatic carbocycles. The van der Waals surface area contributed by atoms with E-state index in [4.69, 9.17) is 9.47 Å². The van der Waals surface area contributed by atoms with Crippen molar-refractivity contribution in [2.45, 2.75) is 0 Å². The molecule has 0 atom stereocenters. The maximum Gasteiger partial charge on any atom is 0.271 e. The van der Waals surface area contributed by atoms with E-state index in [0.29, 0.717) is 44.9 Å². The van der Waals surface area contributed by atoms with Crippen molar-refractivity contribution < 1.29 is 19.2 Å². The monoisotopic (exact) mass is 470 g/mol. The van der Waals surface area contributed by atoms with Crippen molar-refractivity contribution in [3.05, 3.63) is 55.0 Å². The first-order valence-electron chi connectivity index (χ1n) is 7.26. The highest BCUT2D eigenvalue weighted by atomic mass is 79.9. The number of nitro groups is 1. The van der Waals surface area contributed by atoms with E-state index >= 15 is 0 Å². The summed E-state index contributed by atoms with van der Waals surface area (Å²) >= 11 is 6.55. The van der Waals surface area contributed by atoms with Gasteiger partial charge in [0, 0.05) is 26.6 Å². The molecule has 25 heavy (non-hydrogen) atoms. The van der Waals surface area contributed by atoms with Gasteiger partial charge in [-0.1, -0.05) is 0 Å². The average Bonchev–Trinajstić information content (AvgIpc) is 2.60. The van der Waals surface area contributed by atoms with Crippen LogP contribution in [0.1, 0.15) is 10.4 Å². The highest BCUT2D eigenvalue weighted by Crippen LogP contribution is 2.35. The second-order valence-electron chi connectivity index (χ2n) is 5.18. The summed E-state index contributed by atoms with van der Waals surface area (Å²) in [5.74, 6) is 1.03. The Morgan fingerprint density at radius 3 is 2.40 bits per heavy atom. The van der Waals surface area contributed by atoms with Crippen LogP contribution in [-0.4, -0.2) is 30.5 Å². The number of rotatable bonds is 5. The van der Waals surface area contributed by atoms with Crippen LogP contribution in [0.2, 0.25) is 0 Å². The van der Waals surface area contributed by atoms with Gasteiger partial charge < -0.3 is 14.8 Å². The molecule has 2 aromatic rings. The van der Waals surface area contributed by atoms with Crippen LogP contribution in [0.5, 0.6) is 11.5 Å². The average molecular weight is 472 g/mol. The van der Waals surface area contributed by atoms with E-state index in [1.165, 1.54) is 12.1 Å². The molecule has 0 saturated heterocycles. The normalized spacial score (nSPS) is 12.6. The van der Waals surface area contributed by atoms with Gasteiger partial charge >= 0.3 is 0 Å². The van der Waals surface area contributed by atoms with Gasteiger partial charge in [-0.15, -0.1) is 0 Å². The second kappa shape index (κ2) is 7.40. The summed E-state index contributed by atoms with van der Waals surface area (Å²) in [5.41, 5.74) is 1.00. The molecule has 0 radical (unpaired) electrons. The van der Waals surface area contributed by atoms with Crippen LogP contribution >= 0.6 is 31.9 Å². The van der Waals surface area contributed by atoms with Crippen molar-refractivity contribution in [3.63, 3.8) is 0 Å². The Morgan fingerprint density at radius 1 is 1.12 bits per heavy atom. The van der Waals surface area contributed by atoms with Gasteiger partial charge in [0.25, 0.3) is 5.69 Å². The van der Waals surface area contributed by atoms with Crippen LogP contribution < -0.4 is 14.8 Å². The molecule has 1 aliphatic heterocycles. The number of nitrogens with one attached hydrogen (secondary N) is 1. The number of halogens is 2. The predicted molar refractivity (Wildman–Crippen MR) is 98.7 cm³/mol. The number of fused-ring (bicyclic) bond motifs is 1. The zero-order chi connectivity index (χ0) is 18.0. The fourth-order valence-electron chi connectivity index (χ4n) is 2.32. The molecule has 0 spiro atoms. The predicted octanol–water partition coefficient (Wildman–Crippen LogP) is 4.19. The summed E-state index contributed by atoms with van der Waals surface area (Å²) in [6.45, 7) is 0.963. The molecular formula is C16H12Br2N2O5. The van der Waals surface area contributed by atoms with Gasteiger partial charge in [-0.3, -0.25) is 14.9 Å². The van der Waals surface area contributed by atoms with Crippen LogP contribution in [0.25, 0.3) is 0 Å². The standard InChI is InChI=1S/C16H12Br2N2O5/c17-11-6-10(20(22)23)7-12(18)16(11)19-8-13(21)9-1-2-14-15(5-9)25-4-3-24-14/h1-2,5-7,19H,3-4,8H2. The summed E-state index contributed by atoms with van der Waals surface area (Å²) in [6.07, 6.45) is 0. The number of carbonyl (C=O) groups excluding carboxylic acids is 1. The molecule has 0 unspecified atom stereocenters. The Labute approximate surface area is 159 Å². The first-order valence-corrected chi connectivity index (χ1v) is 8.84. The minimum Gasteiger partial charge on any atom is -0.486 e. The molecule has 130 valence electrons. The molecule has 7 nitrogen and oxygen atoms in total.